The number of aryl methyl sites for hydroxylation is 2. The molecular formula is C21H25N5O2. The van der Waals surface area contributed by atoms with Crippen molar-refractivity contribution in [3.8, 4) is 11.4 Å². The standard InChI is InChI=1S/C21H25N5O2/c1-13(2)17-8-6-15(4)20(10-17)28-16(5)21(27)23-19-11-18(9-7-14(19)3)26-12-22-24-25-26/h6-13,16H,1-5H3,(H,23,27). The number of carbonyl (C=O) groups excluding carboxylic acids is 1. The van der Waals surface area contributed by atoms with Gasteiger partial charge in [-0.25, -0.2) is 4.68 Å². The van der Waals surface area contributed by atoms with E-state index in [2.05, 4.69) is 40.8 Å². The van der Waals surface area contributed by atoms with Crippen molar-refractivity contribution in [3.63, 3.8) is 0 Å². The zero-order valence-corrected chi connectivity index (χ0v) is 16.8. The van der Waals surface area contributed by atoms with Crippen LogP contribution in [0.5, 0.6) is 5.75 Å². The van der Waals surface area contributed by atoms with Gasteiger partial charge in [0, 0.05) is 5.69 Å². The summed E-state index contributed by atoms with van der Waals surface area (Å²) < 4.78 is 7.50. The van der Waals surface area contributed by atoms with E-state index in [9.17, 15) is 4.79 Å². The van der Waals surface area contributed by atoms with Gasteiger partial charge in [0.25, 0.3) is 5.91 Å². The van der Waals surface area contributed by atoms with Crippen molar-refractivity contribution in [1.29, 1.82) is 0 Å². The van der Waals surface area contributed by atoms with Gasteiger partial charge in [-0.2, -0.15) is 0 Å². The first-order valence-electron chi connectivity index (χ1n) is 9.27. The molecule has 0 saturated heterocycles. The van der Waals surface area contributed by atoms with Crippen molar-refractivity contribution >= 4 is 11.6 Å². The number of tetrazole rings is 1. The minimum atomic E-state index is -0.641. The van der Waals surface area contributed by atoms with Crippen molar-refractivity contribution < 1.29 is 9.53 Å². The largest absolute Gasteiger partial charge is 0.481 e. The summed E-state index contributed by atoms with van der Waals surface area (Å²) in [6, 6.07) is 11.8. The third kappa shape index (κ3) is 4.36. The van der Waals surface area contributed by atoms with E-state index in [0.717, 1.165) is 22.6 Å². The van der Waals surface area contributed by atoms with Gasteiger partial charge >= 0.3 is 0 Å². The highest BCUT2D eigenvalue weighted by molar-refractivity contribution is 5.95. The van der Waals surface area contributed by atoms with Gasteiger partial charge in [0.2, 0.25) is 0 Å². The van der Waals surface area contributed by atoms with Gasteiger partial charge < -0.3 is 10.1 Å². The molecule has 0 spiro atoms. The van der Waals surface area contributed by atoms with E-state index in [4.69, 9.17) is 4.74 Å². The lowest BCUT2D eigenvalue weighted by atomic mass is 10.0. The number of hydrogen-bond acceptors (Lipinski definition) is 5. The molecule has 1 atom stereocenters. The Labute approximate surface area is 164 Å². The zero-order valence-electron chi connectivity index (χ0n) is 16.8. The van der Waals surface area contributed by atoms with Crippen LogP contribution in [0.2, 0.25) is 0 Å². The molecule has 0 fully saturated rings. The summed E-state index contributed by atoms with van der Waals surface area (Å²) in [6.45, 7) is 9.91. The molecule has 7 heteroatoms. The Hall–Kier alpha value is -3.22. The van der Waals surface area contributed by atoms with Gasteiger partial charge in [-0.15, -0.1) is 5.10 Å². The molecule has 3 rings (SSSR count). The Morgan fingerprint density at radius 2 is 1.82 bits per heavy atom. The molecule has 1 aromatic heterocycles. The molecule has 7 nitrogen and oxygen atoms in total. The van der Waals surface area contributed by atoms with E-state index in [-0.39, 0.29) is 5.91 Å². The van der Waals surface area contributed by atoms with Gasteiger partial charge in [-0.05, 0) is 72.0 Å². The molecule has 2 aromatic carbocycles. The third-order valence-corrected chi connectivity index (χ3v) is 4.64. The number of benzene rings is 2. The van der Waals surface area contributed by atoms with E-state index < -0.39 is 6.10 Å². The normalized spacial score (nSPS) is 12.1. The summed E-state index contributed by atoms with van der Waals surface area (Å²) in [6.07, 6.45) is 0.865. The van der Waals surface area contributed by atoms with Crippen LogP contribution in [0.4, 0.5) is 5.69 Å². The number of nitrogens with one attached hydrogen (secondary N) is 1. The number of ether oxygens (including phenoxy) is 1. The summed E-state index contributed by atoms with van der Waals surface area (Å²) in [7, 11) is 0. The van der Waals surface area contributed by atoms with Gasteiger partial charge in [0.15, 0.2) is 6.10 Å². The number of anilines is 1. The molecule has 0 saturated carbocycles. The van der Waals surface area contributed by atoms with Crippen LogP contribution in [0.15, 0.2) is 42.7 Å². The van der Waals surface area contributed by atoms with E-state index >= 15 is 0 Å². The number of rotatable bonds is 6. The lowest BCUT2D eigenvalue weighted by molar-refractivity contribution is -0.122. The number of nitrogens with zero attached hydrogens (tertiary/aromatic N) is 4. The number of carbonyl (C=O) groups is 1. The van der Waals surface area contributed by atoms with Gasteiger partial charge in [-0.1, -0.05) is 32.0 Å². The van der Waals surface area contributed by atoms with Crippen molar-refractivity contribution in [1.82, 2.24) is 20.2 Å². The highest BCUT2D eigenvalue weighted by Gasteiger charge is 2.18. The predicted molar refractivity (Wildman–Crippen MR) is 108 cm³/mol. The van der Waals surface area contributed by atoms with Crippen LogP contribution in [0.25, 0.3) is 5.69 Å². The van der Waals surface area contributed by atoms with Crippen LogP contribution < -0.4 is 10.1 Å². The maximum Gasteiger partial charge on any atom is 0.265 e. The highest BCUT2D eigenvalue weighted by Crippen LogP contribution is 2.26. The Balaban J connectivity index is 1.75. The summed E-state index contributed by atoms with van der Waals surface area (Å²) in [4.78, 5) is 12.7. The minimum Gasteiger partial charge on any atom is -0.481 e. The third-order valence-electron chi connectivity index (χ3n) is 4.64. The van der Waals surface area contributed by atoms with Crippen LogP contribution in [-0.4, -0.2) is 32.2 Å². The second-order valence-electron chi connectivity index (χ2n) is 7.18. The average Bonchev–Trinajstić information content (AvgIpc) is 3.19. The fraction of sp³-hybridized carbons (Fsp3) is 0.333. The second kappa shape index (κ2) is 8.21. The molecule has 0 aliphatic heterocycles. The molecule has 0 aliphatic carbocycles. The van der Waals surface area contributed by atoms with Crippen molar-refractivity contribution in [2.24, 2.45) is 0 Å². The van der Waals surface area contributed by atoms with E-state index in [0.29, 0.717) is 11.6 Å². The van der Waals surface area contributed by atoms with Crippen molar-refractivity contribution in [3.05, 3.63) is 59.4 Å². The monoisotopic (exact) mass is 379 g/mol. The van der Waals surface area contributed by atoms with Crippen LogP contribution >= 0.6 is 0 Å². The molecule has 1 N–H and O–H groups in total. The van der Waals surface area contributed by atoms with Crippen LogP contribution in [0.1, 0.15) is 43.4 Å². The molecule has 146 valence electrons. The molecular weight excluding hydrogens is 354 g/mol. The quantitative estimate of drug-likeness (QED) is 0.704. The van der Waals surface area contributed by atoms with Gasteiger partial charge in [-0.3, -0.25) is 4.79 Å². The molecule has 1 unspecified atom stereocenters. The number of amides is 1. The first-order valence-corrected chi connectivity index (χ1v) is 9.27. The Bertz CT molecular complexity index is 967. The van der Waals surface area contributed by atoms with Crippen molar-refractivity contribution in [2.75, 3.05) is 5.32 Å². The first kappa shape index (κ1) is 19.5. The molecule has 1 amide bonds. The van der Waals surface area contributed by atoms with E-state index in [1.807, 2.05) is 44.2 Å². The fourth-order valence-electron chi connectivity index (χ4n) is 2.75. The first-order chi connectivity index (χ1) is 13.3. The SMILES string of the molecule is Cc1ccc(-n2cnnn2)cc1NC(=O)C(C)Oc1cc(C(C)C)ccc1C. The van der Waals surface area contributed by atoms with Crippen molar-refractivity contribution in [2.45, 2.75) is 46.6 Å². The summed E-state index contributed by atoms with van der Waals surface area (Å²) in [5.74, 6) is 0.906. The Morgan fingerprint density at radius 3 is 2.50 bits per heavy atom. The molecule has 28 heavy (non-hydrogen) atoms. The molecule has 1 heterocycles. The summed E-state index contributed by atoms with van der Waals surface area (Å²) >= 11 is 0. The van der Waals surface area contributed by atoms with Crippen LogP contribution in [0, 0.1) is 13.8 Å². The molecule has 3 aromatic rings. The maximum absolute atomic E-state index is 12.7. The smallest absolute Gasteiger partial charge is 0.265 e. The summed E-state index contributed by atoms with van der Waals surface area (Å²) in [5, 5.41) is 14.1. The summed E-state index contributed by atoms with van der Waals surface area (Å²) in [5.41, 5.74) is 4.58. The second-order valence-corrected chi connectivity index (χ2v) is 7.18. The number of aromatic nitrogens is 4. The number of hydrogen-bond donors (Lipinski definition) is 1. The Kier molecular flexibility index (Phi) is 5.73. The average molecular weight is 379 g/mol. The molecule has 0 bridgehead atoms. The van der Waals surface area contributed by atoms with Gasteiger partial charge in [0.05, 0.1) is 5.69 Å². The van der Waals surface area contributed by atoms with Gasteiger partial charge in [0.1, 0.15) is 12.1 Å². The van der Waals surface area contributed by atoms with Crippen LogP contribution in [-0.2, 0) is 4.79 Å². The van der Waals surface area contributed by atoms with Crippen LogP contribution in [0.3, 0.4) is 0 Å². The lowest BCUT2D eigenvalue weighted by Gasteiger charge is -2.18. The zero-order chi connectivity index (χ0) is 20.3. The highest BCUT2D eigenvalue weighted by atomic mass is 16.5. The molecule has 0 aliphatic rings. The van der Waals surface area contributed by atoms with E-state index in [1.165, 1.54) is 16.6 Å². The topological polar surface area (TPSA) is 81.9 Å². The Morgan fingerprint density at radius 1 is 1.07 bits per heavy atom. The van der Waals surface area contributed by atoms with E-state index in [1.54, 1.807) is 6.92 Å². The maximum atomic E-state index is 12.7. The fourth-order valence-corrected chi connectivity index (χ4v) is 2.75. The lowest BCUT2D eigenvalue weighted by Crippen LogP contribution is -2.30. The minimum absolute atomic E-state index is 0.216. The molecule has 0 radical (unpaired) electrons. The predicted octanol–water partition coefficient (Wildman–Crippen LogP) is 3.81.